The molecule has 1 saturated heterocycles. The highest BCUT2D eigenvalue weighted by atomic mass is 32.2. The van der Waals surface area contributed by atoms with Gasteiger partial charge >= 0.3 is 6.09 Å². The summed E-state index contributed by atoms with van der Waals surface area (Å²) in [4.78, 5) is 15.1. The van der Waals surface area contributed by atoms with Crippen molar-refractivity contribution in [3.8, 4) is 0 Å². The summed E-state index contributed by atoms with van der Waals surface area (Å²) < 4.78 is 32.2. The number of piperidine rings is 1. The van der Waals surface area contributed by atoms with Crippen molar-refractivity contribution in [2.75, 3.05) is 19.6 Å². The molecule has 186 valence electrons. The molecule has 2 aliphatic heterocycles. The molecule has 1 spiro atoms. The minimum atomic E-state index is -3.31. The molecule has 1 aromatic rings. The molecular formula is C27H38N2O4S. The van der Waals surface area contributed by atoms with Crippen molar-refractivity contribution in [3.63, 3.8) is 0 Å². The summed E-state index contributed by atoms with van der Waals surface area (Å²) in [6, 6.07) is 8.00. The Morgan fingerprint density at radius 3 is 2.26 bits per heavy atom. The van der Waals surface area contributed by atoms with Crippen molar-refractivity contribution in [3.05, 3.63) is 35.4 Å². The van der Waals surface area contributed by atoms with E-state index in [9.17, 15) is 13.2 Å². The van der Waals surface area contributed by atoms with Crippen LogP contribution in [-0.4, -0.2) is 50.4 Å². The molecule has 4 aliphatic carbocycles. The fourth-order valence-electron chi connectivity index (χ4n) is 8.09. The normalized spacial score (nSPS) is 36.0. The van der Waals surface area contributed by atoms with Gasteiger partial charge in [-0.2, -0.15) is 0 Å². The number of ether oxygens (including phenoxy) is 1. The van der Waals surface area contributed by atoms with Gasteiger partial charge in [-0.3, -0.25) is 5.32 Å². The molecular weight excluding hydrogens is 448 g/mol. The summed E-state index contributed by atoms with van der Waals surface area (Å²) in [5, 5.41) is 2.29. The van der Waals surface area contributed by atoms with E-state index in [0.717, 1.165) is 35.8 Å². The molecule has 0 radical (unpaired) electrons. The van der Waals surface area contributed by atoms with Gasteiger partial charge in [0.25, 0.3) is 0 Å². The van der Waals surface area contributed by atoms with Gasteiger partial charge in [0.15, 0.2) is 9.84 Å². The summed E-state index contributed by atoms with van der Waals surface area (Å²) in [5.41, 5.74) is 1.88. The van der Waals surface area contributed by atoms with Crippen molar-refractivity contribution < 1.29 is 17.9 Å². The van der Waals surface area contributed by atoms with Crippen molar-refractivity contribution in [2.45, 2.75) is 80.9 Å². The average molecular weight is 487 g/mol. The number of carbonyl (C=O) groups is 1. The van der Waals surface area contributed by atoms with Crippen LogP contribution in [0, 0.1) is 23.7 Å². The third-order valence-corrected chi connectivity index (χ3v) is 12.2. The fraction of sp³-hybridized carbons (Fsp3) is 0.741. The Bertz CT molecular complexity index is 1030. The number of rotatable bonds is 3. The molecule has 5 fully saturated rings. The van der Waals surface area contributed by atoms with E-state index in [1.54, 1.807) is 13.8 Å². The van der Waals surface area contributed by atoms with Gasteiger partial charge in [-0.05, 0) is 93.6 Å². The number of carbonyl (C=O) groups excluding carboxylic acids is 1. The van der Waals surface area contributed by atoms with Gasteiger partial charge in [0.05, 0.1) is 5.25 Å². The third-order valence-electron chi connectivity index (χ3n) is 9.78. The van der Waals surface area contributed by atoms with Gasteiger partial charge in [0.1, 0.15) is 11.5 Å². The quantitative estimate of drug-likeness (QED) is 0.685. The van der Waals surface area contributed by atoms with Gasteiger partial charge in [-0.1, -0.05) is 24.3 Å². The van der Waals surface area contributed by atoms with Crippen LogP contribution in [0.5, 0.6) is 0 Å². The molecule has 6 nitrogen and oxygen atoms in total. The Kier molecular flexibility index (Phi) is 5.52. The first-order chi connectivity index (χ1) is 16.3. The molecule has 2 heterocycles. The van der Waals surface area contributed by atoms with Crippen molar-refractivity contribution in [2.24, 2.45) is 23.7 Å². The van der Waals surface area contributed by atoms with Crippen molar-refractivity contribution >= 4 is 15.9 Å². The van der Waals surface area contributed by atoms with Crippen LogP contribution in [0.1, 0.15) is 75.3 Å². The minimum absolute atomic E-state index is 0.121. The van der Waals surface area contributed by atoms with Gasteiger partial charge < -0.3 is 9.64 Å². The second-order valence-corrected chi connectivity index (χ2v) is 14.6. The Labute approximate surface area is 203 Å². The first kappa shape index (κ1) is 22.8. The number of sulfone groups is 1. The lowest BCUT2D eigenvalue weighted by Crippen LogP contribution is -2.55. The molecule has 4 bridgehead atoms. The lowest BCUT2D eigenvalue weighted by Gasteiger charge is -2.54. The van der Waals surface area contributed by atoms with Crippen molar-refractivity contribution in [1.82, 2.24) is 10.2 Å². The zero-order chi connectivity index (χ0) is 23.7. The number of nitrogens with one attached hydrogen (secondary N) is 1. The maximum Gasteiger partial charge on any atom is 0.410 e. The highest BCUT2D eigenvalue weighted by Gasteiger charge is 2.51. The van der Waals surface area contributed by atoms with Crippen LogP contribution in [-0.2, 0) is 20.0 Å². The van der Waals surface area contributed by atoms with Crippen LogP contribution in [0.2, 0.25) is 0 Å². The standard InChI is InChI=1S/C27H38N2O4S/c1-17(2)34(31,32)25-22-5-3-4-6-23(22)27(16-28-25)7-9-29(10-8-27)26(30)33-24-20-12-18-11-19(14-20)15-21(24)13-18/h3-6,17-21,24-25,28H,7-16H2,1-2H3. The lowest BCUT2D eigenvalue weighted by molar-refractivity contribution is -0.103. The smallest absolute Gasteiger partial charge is 0.410 e. The molecule has 34 heavy (non-hydrogen) atoms. The number of nitrogens with zero attached hydrogens (tertiary/aromatic N) is 1. The summed E-state index contributed by atoms with van der Waals surface area (Å²) in [6.07, 6.45) is 8.02. The SMILES string of the molecule is CC(C)S(=O)(=O)C1NCC2(CCN(C(=O)OC3C4CC5CC(C4)CC3C5)CC2)c2ccccc21. The van der Waals surface area contributed by atoms with E-state index in [0.29, 0.717) is 31.5 Å². The van der Waals surface area contributed by atoms with Crippen LogP contribution in [0.3, 0.4) is 0 Å². The average Bonchev–Trinajstić information content (AvgIpc) is 2.81. The Morgan fingerprint density at radius 2 is 1.65 bits per heavy atom. The monoisotopic (exact) mass is 486 g/mol. The van der Waals surface area contributed by atoms with Gasteiger partial charge in [-0.15, -0.1) is 0 Å². The lowest BCUT2D eigenvalue weighted by atomic mass is 9.55. The molecule has 1 amide bonds. The van der Waals surface area contributed by atoms with Crippen LogP contribution in [0.4, 0.5) is 4.79 Å². The molecule has 1 unspecified atom stereocenters. The number of hydrogen-bond acceptors (Lipinski definition) is 5. The number of amides is 1. The minimum Gasteiger partial charge on any atom is -0.446 e. The molecule has 1 N–H and O–H groups in total. The summed E-state index contributed by atoms with van der Waals surface area (Å²) in [6.45, 7) is 5.43. The van der Waals surface area contributed by atoms with E-state index < -0.39 is 20.5 Å². The van der Waals surface area contributed by atoms with Gasteiger partial charge in [0.2, 0.25) is 0 Å². The molecule has 1 atom stereocenters. The molecule has 7 rings (SSSR count). The second kappa shape index (κ2) is 8.22. The van der Waals surface area contributed by atoms with E-state index in [1.165, 1.54) is 32.1 Å². The molecule has 0 aromatic heterocycles. The van der Waals surface area contributed by atoms with E-state index >= 15 is 0 Å². The highest BCUT2D eigenvalue weighted by Crippen LogP contribution is 2.55. The second-order valence-electron chi connectivity index (χ2n) is 12.0. The first-order valence-corrected chi connectivity index (χ1v) is 14.9. The number of benzene rings is 1. The van der Waals surface area contributed by atoms with Gasteiger partial charge in [0, 0.05) is 25.0 Å². The Hall–Kier alpha value is -1.60. The van der Waals surface area contributed by atoms with E-state index in [-0.39, 0.29) is 17.6 Å². The molecule has 6 aliphatic rings. The van der Waals surface area contributed by atoms with Crippen LogP contribution < -0.4 is 5.32 Å². The van der Waals surface area contributed by atoms with Crippen molar-refractivity contribution in [1.29, 1.82) is 0 Å². The largest absolute Gasteiger partial charge is 0.446 e. The molecule has 7 heteroatoms. The maximum absolute atomic E-state index is 13.2. The summed E-state index contributed by atoms with van der Waals surface area (Å²) in [5.74, 6) is 2.89. The first-order valence-electron chi connectivity index (χ1n) is 13.3. The number of hydrogen-bond donors (Lipinski definition) is 1. The maximum atomic E-state index is 13.2. The van der Waals surface area contributed by atoms with E-state index in [2.05, 4.69) is 11.4 Å². The fourth-order valence-corrected chi connectivity index (χ4v) is 9.51. The zero-order valence-electron chi connectivity index (χ0n) is 20.4. The van der Waals surface area contributed by atoms with Crippen LogP contribution in [0.15, 0.2) is 24.3 Å². The van der Waals surface area contributed by atoms with Gasteiger partial charge in [-0.25, -0.2) is 13.2 Å². The zero-order valence-corrected chi connectivity index (χ0v) is 21.2. The summed E-state index contributed by atoms with van der Waals surface area (Å²) >= 11 is 0. The predicted octanol–water partition coefficient (Wildman–Crippen LogP) is 4.41. The summed E-state index contributed by atoms with van der Waals surface area (Å²) in [7, 11) is -3.31. The predicted molar refractivity (Wildman–Crippen MR) is 131 cm³/mol. The molecule has 4 saturated carbocycles. The van der Waals surface area contributed by atoms with Crippen LogP contribution in [0.25, 0.3) is 0 Å². The van der Waals surface area contributed by atoms with Crippen LogP contribution >= 0.6 is 0 Å². The highest BCUT2D eigenvalue weighted by molar-refractivity contribution is 7.92. The third kappa shape index (κ3) is 3.60. The topological polar surface area (TPSA) is 75.7 Å². The van der Waals surface area contributed by atoms with E-state index in [4.69, 9.17) is 4.74 Å². The number of fused-ring (bicyclic) bond motifs is 2. The Morgan fingerprint density at radius 1 is 1.03 bits per heavy atom. The Balaban J connectivity index is 1.15. The van der Waals surface area contributed by atoms with E-state index in [1.807, 2.05) is 23.1 Å². The number of likely N-dealkylation sites (tertiary alicyclic amines) is 1. The molecule has 1 aromatic carbocycles.